The van der Waals surface area contributed by atoms with Crippen LogP contribution in [0.15, 0.2) is 0 Å². The molecule has 1 fully saturated rings. The third-order valence-electron chi connectivity index (χ3n) is 2.92. The predicted molar refractivity (Wildman–Crippen MR) is 47.0 cm³/mol. The van der Waals surface area contributed by atoms with E-state index in [0.717, 1.165) is 0 Å². The summed E-state index contributed by atoms with van der Waals surface area (Å²) in [6.07, 6.45) is 3.63. The van der Waals surface area contributed by atoms with Crippen LogP contribution < -0.4 is 5.32 Å². The van der Waals surface area contributed by atoms with Gasteiger partial charge in [-0.3, -0.25) is 4.79 Å². The Balaban J connectivity index is 2.48. The van der Waals surface area contributed by atoms with E-state index in [9.17, 15) is 4.79 Å². The number of rotatable bonds is 4. The summed E-state index contributed by atoms with van der Waals surface area (Å²) in [6, 6.07) is 0.163. The zero-order valence-corrected chi connectivity index (χ0v) is 7.71. The first-order valence-electron chi connectivity index (χ1n) is 4.57. The van der Waals surface area contributed by atoms with Crippen LogP contribution in [0.25, 0.3) is 0 Å². The first kappa shape index (κ1) is 9.52. The number of carboxylic acid groups (broad SMARTS) is 1. The minimum atomic E-state index is -0.693. The topological polar surface area (TPSA) is 49.3 Å². The monoisotopic (exact) mass is 171 g/mol. The summed E-state index contributed by atoms with van der Waals surface area (Å²) >= 11 is 0. The van der Waals surface area contributed by atoms with Crippen molar-refractivity contribution in [2.45, 2.75) is 32.2 Å². The molecule has 2 atom stereocenters. The van der Waals surface area contributed by atoms with Crippen LogP contribution in [0.3, 0.4) is 0 Å². The number of aliphatic carboxylic acids is 1. The highest BCUT2D eigenvalue weighted by Gasteiger charge is 2.33. The van der Waals surface area contributed by atoms with Gasteiger partial charge in [-0.1, -0.05) is 13.3 Å². The largest absolute Gasteiger partial charge is 0.481 e. The van der Waals surface area contributed by atoms with Gasteiger partial charge in [0.1, 0.15) is 0 Å². The van der Waals surface area contributed by atoms with Gasteiger partial charge in [0.15, 0.2) is 0 Å². The molecule has 0 aromatic rings. The van der Waals surface area contributed by atoms with Crippen molar-refractivity contribution in [2.24, 2.45) is 11.8 Å². The second kappa shape index (κ2) is 3.90. The summed E-state index contributed by atoms with van der Waals surface area (Å²) in [5.41, 5.74) is 0. The van der Waals surface area contributed by atoms with Crippen molar-refractivity contribution >= 4 is 5.97 Å². The molecule has 3 nitrogen and oxygen atoms in total. The highest BCUT2D eigenvalue weighted by molar-refractivity contribution is 5.70. The van der Waals surface area contributed by atoms with Crippen molar-refractivity contribution in [3.8, 4) is 0 Å². The Bertz CT molecular complexity index is 166. The number of carbonyl (C=O) groups is 1. The molecule has 0 radical (unpaired) electrons. The molecule has 0 heterocycles. The molecule has 1 aliphatic carbocycles. The minimum Gasteiger partial charge on any atom is -0.481 e. The van der Waals surface area contributed by atoms with Crippen LogP contribution in [0.4, 0.5) is 0 Å². The van der Waals surface area contributed by atoms with Gasteiger partial charge in [-0.25, -0.2) is 0 Å². The molecule has 2 unspecified atom stereocenters. The summed E-state index contributed by atoms with van der Waals surface area (Å²) in [7, 11) is 1.85. The molecule has 70 valence electrons. The molecule has 12 heavy (non-hydrogen) atoms. The molecule has 1 saturated carbocycles. The maximum atomic E-state index is 10.7. The maximum absolute atomic E-state index is 10.7. The predicted octanol–water partition coefficient (Wildman–Crippen LogP) is 1.10. The van der Waals surface area contributed by atoms with Crippen LogP contribution in [0.2, 0.25) is 0 Å². The average Bonchev–Trinajstić information content (AvgIpc) is 1.94. The van der Waals surface area contributed by atoms with E-state index in [1.54, 1.807) is 6.92 Å². The Morgan fingerprint density at radius 2 is 2.17 bits per heavy atom. The fraction of sp³-hybridized carbons (Fsp3) is 0.889. The molecule has 0 bridgehead atoms. The second-order valence-corrected chi connectivity index (χ2v) is 3.63. The van der Waals surface area contributed by atoms with Crippen molar-refractivity contribution in [1.82, 2.24) is 5.32 Å². The Morgan fingerprint density at radius 1 is 1.58 bits per heavy atom. The number of carboxylic acids is 1. The van der Waals surface area contributed by atoms with Crippen LogP contribution in [0.1, 0.15) is 26.2 Å². The Hall–Kier alpha value is -0.570. The first-order chi connectivity index (χ1) is 5.66. The zero-order valence-electron chi connectivity index (χ0n) is 7.71. The minimum absolute atomic E-state index is 0.163. The van der Waals surface area contributed by atoms with Gasteiger partial charge in [-0.15, -0.1) is 0 Å². The summed E-state index contributed by atoms with van der Waals surface area (Å²) in [6.45, 7) is 1.78. The standard InChI is InChI=1S/C9H17NO2/c1-6(9(11)12)8(10-2)7-4-3-5-7/h6-8,10H,3-5H2,1-2H3,(H,11,12). The fourth-order valence-corrected chi connectivity index (χ4v) is 1.85. The molecule has 1 rings (SSSR count). The van der Waals surface area contributed by atoms with Crippen LogP contribution in [-0.2, 0) is 4.79 Å². The average molecular weight is 171 g/mol. The second-order valence-electron chi connectivity index (χ2n) is 3.63. The molecular formula is C9H17NO2. The number of nitrogens with one attached hydrogen (secondary N) is 1. The Morgan fingerprint density at radius 3 is 2.42 bits per heavy atom. The third kappa shape index (κ3) is 1.78. The fourth-order valence-electron chi connectivity index (χ4n) is 1.85. The van der Waals surface area contributed by atoms with Gasteiger partial charge in [0.25, 0.3) is 0 Å². The van der Waals surface area contributed by atoms with Crippen molar-refractivity contribution in [3.05, 3.63) is 0 Å². The van der Waals surface area contributed by atoms with Crippen LogP contribution in [0, 0.1) is 11.8 Å². The first-order valence-corrected chi connectivity index (χ1v) is 4.57. The number of hydrogen-bond donors (Lipinski definition) is 2. The lowest BCUT2D eigenvalue weighted by Gasteiger charge is -2.35. The van der Waals surface area contributed by atoms with Crippen LogP contribution in [0.5, 0.6) is 0 Å². The quantitative estimate of drug-likeness (QED) is 0.665. The van der Waals surface area contributed by atoms with E-state index >= 15 is 0 Å². The van der Waals surface area contributed by atoms with Crippen LogP contribution in [-0.4, -0.2) is 24.2 Å². The van der Waals surface area contributed by atoms with Crippen molar-refractivity contribution < 1.29 is 9.90 Å². The van der Waals surface area contributed by atoms with E-state index in [0.29, 0.717) is 5.92 Å². The van der Waals surface area contributed by atoms with Gasteiger partial charge in [0.05, 0.1) is 5.92 Å². The molecule has 0 aromatic heterocycles. The third-order valence-corrected chi connectivity index (χ3v) is 2.92. The van der Waals surface area contributed by atoms with Gasteiger partial charge >= 0.3 is 5.97 Å². The molecule has 1 aliphatic rings. The zero-order chi connectivity index (χ0) is 9.14. The molecule has 2 N–H and O–H groups in total. The molecule has 0 spiro atoms. The Labute approximate surface area is 73.2 Å². The van der Waals surface area contributed by atoms with Crippen molar-refractivity contribution in [1.29, 1.82) is 0 Å². The van der Waals surface area contributed by atoms with E-state index in [2.05, 4.69) is 5.32 Å². The van der Waals surface area contributed by atoms with E-state index in [1.807, 2.05) is 7.05 Å². The summed E-state index contributed by atoms with van der Waals surface area (Å²) in [5, 5.41) is 11.9. The normalized spacial score (nSPS) is 22.8. The molecule has 3 heteroatoms. The van der Waals surface area contributed by atoms with Gasteiger partial charge < -0.3 is 10.4 Å². The summed E-state index contributed by atoms with van der Waals surface area (Å²) < 4.78 is 0. The lowest BCUT2D eigenvalue weighted by atomic mass is 9.75. The molecule has 0 aromatic carbocycles. The molecular weight excluding hydrogens is 154 g/mol. The Kier molecular flexibility index (Phi) is 3.09. The van der Waals surface area contributed by atoms with E-state index in [4.69, 9.17) is 5.11 Å². The lowest BCUT2D eigenvalue weighted by molar-refractivity contribution is -0.143. The molecule has 0 saturated heterocycles. The summed E-state index contributed by atoms with van der Waals surface area (Å²) in [5.74, 6) is -0.373. The molecule has 0 aliphatic heterocycles. The smallest absolute Gasteiger partial charge is 0.307 e. The summed E-state index contributed by atoms with van der Waals surface area (Å²) in [4.78, 5) is 10.7. The SMILES string of the molecule is CNC(C1CCC1)C(C)C(=O)O. The van der Waals surface area contributed by atoms with Gasteiger partial charge in [-0.2, -0.15) is 0 Å². The molecule has 0 amide bonds. The number of hydrogen-bond acceptors (Lipinski definition) is 2. The van der Waals surface area contributed by atoms with Gasteiger partial charge in [0.2, 0.25) is 0 Å². The highest BCUT2D eigenvalue weighted by Crippen LogP contribution is 2.32. The highest BCUT2D eigenvalue weighted by atomic mass is 16.4. The van der Waals surface area contributed by atoms with Crippen molar-refractivity contribution in [2.75, 3.05) is 7.05 Å². The van der Waals surface area contributed by atoms with E-state index < -0.39 is 5.97 Å². The van der Waals surface area contributed by atoms with Gasteiger partial charge in [-0.05, 0) is 25.8 Å². The maximum Gasteiger partial charge on any atom is 0.307 e. The lowest BCUT2D eigenvalue weighted by Crippen LogP contribution is -2.44. The van der Waals surface area contributed by atoms with E-state index in [-0.39, 0.29) is 12.0 Å². The van der Waals surface area contributed by atoms with Gasteiger partial charge in [0, 0.05) is 6.04 Å². The van der Waals surface area contributed by atoms with E-state index in [1.165, 1.54) is 19.3 Å². The van der Waals surface area contributed by atoms with Crippen LogP contribution >= 0.6 is 0 Å². The van der Waals surface area contributed by atoms with Crippen molar-refractivity contribution in [3.63, 3.8) is 0 Å².